The van der Waals surface area contributed by atoms with Crippen LogP contribution >= 0.6 is 0 Å². The zero-order valence-corrected chi connectivity index (χ0v) is 24.4. The van der Waals surface area contributed by atoms with E-state index < -0.39 is 5.82 Å². The SMILES string of the molecule is C=CC(=O)NC1CCC(Nc2ncnc(N)c2C(=N)c2ccc(Oc3cc(F)cc(OCC4C=NC(C)=NC4)c3)cc2)CC1. The van der Waals surface area contributed by atoms with Crippen LogP contribution in [0.1, 0.15) is 43.7 Å². The van der Waals surface area contributed by atoms with Gasteiger partial charge in [-0.05, 0) is 62.9 Å². The number of nitrogens with zero attached hydrogens (tertiary/aromatic N) is 4. The number of aromatic nitrogens is 2. The third-order valence-electron chi connectivity index (χ3n) is 7.44. The summed E-state index contributed by atoms with van der Waals surface area (Å²) in [6.45, 7) is 6.23. The van der Waals surface area contributed by atoms with Crippen LogP contribution < -0.4 is 25.8 Å². The molecule has 1 fully saturated rings. The van der Waals surface area contributed by atoms with Crippen molar-refractivity contribution in [1.82, 2.24) is 15.3 Å². The number of hydrogen-bond donors (Lipinski definition) is 4. The Hall–Kier alpha value is -5.13. The van der Waals surface area contributed by atoms with E-state index in [0.29, 0.717) is 41.6 Å². The summed E-state index contributed by atoms with van der Waals surface area (Å²) in [5, 5.41) is 15.3. The van der Waals surface area contributed by atoms with Gasteiger partial charge in [0.25, 0.3) is 0 Å². The van der Waals surface area contributed by atoms with Gasteiger partial charge in [-0.3, -0.25) is 15.2 Å². The van der Waals surface area contributed by atoms with Gasteiger partial charge in [0.15, 0.2) is 0 Å². The van der Waals surface area contributed by atoms with Gasteiger partial charge < -0.3 is 25.8 Å². The van der Waals surface area contributed by atoms with E-state index in [9.17, 15) is 9.18 Å². The number of hydrogen-bond acceptors (Lipinski definition) is 10. The average Bonchev–Trinajstić information content (AvgIpc) is 3.01. The highest BCUT2D eigenvalue weighted by Gasteiger charge is 2.24. The number of nitrogen functional groups attached to an aromatic ring is 1. The summed E-state index contributed by atoms with van der Waals surface area (Å²) in [6, 6.07) is 11.3. The molecule has 0 spiro atoms. The van der Waals surface area contributed by atoms with E-state index in [1.807, 2.05) is 6.92 Å². The zero-order chi connectivity index (χ0) is 31.1. The minimum Gasteiger partial charge on any atom is -0.493 e. The lowest BCUT2D eigenvalue weighted by Gasteiger charge is -2.30. The second kappa shape index (κ2) is 13.9. The minimum absolute atomic E-state index is 0.0145. The van der Waals surface area contributed by atoms with E-state index >= 15 is 0 Å². The smallest absolute Gasteiger partial charge is 0.243 e. The van der Waals surface area contributed by atoms with Crippen molar-refractivity contribution in [2.75, 3.05) is 24.2 Å². The number of aliphatic imine (C=N–C) groups is 2. The van der Waals surface area contributed by atoms with Gasteiger partial charge in [-0.2, -0.15) is 0 Å². The maximum Gasteiger partial charge on any atom is 0.243 e. The van der Waals surface area contributed by atoms with Gasteiger partial charge in [0.2, 0.25) is 5.91 Å². The molecule has 11 nitrogen and oxygen atoms in total. The monoisotopic (exact) mass is 598 g/mol. The van der Waals surface area contributed by atoms with E-state index in [1.165, 1.54) is 24.5 Å². The fraction of sp³-hybridized carbons (Fsp3) is 0.312. The summed E-state index contributed by atoms with van der Waals surface area (Å²) < 4.78 is 26.0. The molecule has 2 aromatic carbocycles. The molecule has 5 rings (SSSR count). The molecule has 12 heteroatoms. The summed E-state index contributed by atoms with van der Waals surface area (Å²) in [5.41, 5.74) is 7.35. The van der Waals surface area contributed by atoms with Crippen LogP contribution in [0, 0.1) is 17.1 Å². The lowest BCUT2D eigenvalue weighted by molar-refractivity contribution is -0.117. The third kappa shape index (κ3) is 7.82. The first kappa shape index (κ1) is 30.3. The maximum atomic E-state index is 14.3. The molecule has 228 valence electrons. The van der Waals surface area contributed by atoms with Crippen molar-refractivity contribution < 1.29 is 18.7 Å². The first-order valence-electron chi connectivity index (χ1n) is 14.4. The molecular formula is C32H35FN8O3. The number of amides is 1. The van der Waals surface area contributed by atoms with Crippen LogP contribution in [-0.4, -0.2) is 58.9 Å². The van der Waals surface area contributed by atoms with Crippen LogP contribution in [0.5, 0.6) is 17.2 Å². The number of ether oxygens (including phenoxy) is 2. The molecule has 2 aliphatic rings. The van der Waals surface area contributed by atoms with Crippen LogP contribution in [0.25, 0.3) is 0 Å². The number of carbonyl (C=O) groups is 1. The number of amidine groups is 1. The molecule has 1 aliphatic heterocycles. The Morgan fingerprint density at radius 3 is 2.52 bits per heavy atom. The largest absolute Gasteiger partial charge is 0.493 e. The quantitative estimate of drug-likeness (QED) is 0.180. The first-order chi connectivity index (χ1) is 21.3. The second-order valence-electron chi connectivity index (χ2n) is 10.7. The number of anilines is 2. The molecule has 5 N–H and O–H groups in total. The molecule has 1 aromatic heterocycles. The maximum absolute atomic E-state index is 14.3. The first-order valence-corrected chi connectivity index (χ1v) is 14.4. The molecule has 1 atom stereocenters. The minimum atomic E-state index is -0.489. The summed E-state index contributed by atoms with van der Waals surface area (Å²) in [7, 11) is 0. The Bertz CT molecular complexity index is 1580. The molecule has 0 saturated heterocycles. The molecule has 0 bridgehead atoms. The Labute approximate surface area is 255 Å². The van der Waals surface area contributed by atoms with E-state index in [-0.39, 0.29) is 41.2 Å². The topological polar surface area (TPSA) is 160 Å². The summed E-state index contributed by atoms with van der Waals surface area (Å²) in [6.07, 6.45) is 7.72. The molecule has 0 radical (unpaired) electrons. The van der Waals surface area contributed by atoms with Gasteiger partial charge in [-0.15, -0.1) is 0 Å². The fourth-order valence-electron chi connectivity index (χ4n) is 5.09. The zero-order valence-electron chi connectivity index (χ0n) is 24.4. The van der Waals surface area contributed by atoms with Gasteiger partial charge in [-0.1, -0.05) is 6.58 Å². The standard InChI is InChI=1S/C32H35FN8O3/c1-3-28(42)40-23-6-8-24(9-7-23)41-32-29(31(35)38-18-39-32)30(34)21-4-10-25(11-5-21)44-27-13-22(33)12-26(14-27)43-17-20-15-36-19(2)37-16-20/h3-5,10-15,18,20,23-24,34H,1,6-9,16-17H2,2H3,(H,40,42)(H3,35,38,39,41). The van der Waals surface area contributed by atoms with Gasteiger partial charge in [0.05, 0.1) is 24.4 Å². The van der Waals surface area contributed by atoms with Crippen molar-refractivity contribution in [1.29, 1.82) is 5.41 Å². The molecule has 44 heavy (non-hydrogen) atoms. The van der Waals surface area contributed by atoms with Crippen molar-refractivity contribution in [2.24, 2.45) is 15.9 Å². The Morgan fingerprint density at radius 2 is 1.82 bits per heavy atom. The molecular weight excluding hydrogens is 563 g/mol. The number of nitrogens with one attached hydrogen (secondary N) is 3. The van der Waals surface area contributed by atoms with Gasteiger partial charge >= 0.3 is 0 Å². The average molecular weight is 599 g/mol. The predicted octanol–water partition coefficient (Wildman–Crippen LogP) is 4.93. The number of nitrogens with two attached hydrogens (primary N) is 1. The second-order valence-corrected chi connectivity index (χ2v) is 10.7. The Kier molecular flexibility index (Phi) is 9.58. The van der Waals surface area contributed by atoms with Crippen LogP contribution in [0.4, 0.5) is 16.0 Å². The lowest BCUT2D eigenvalue weighted by atomic mass is 9.91. The number of halogens is 1. The van der Waals surface area contributed by atoms with Crippen molar-refractivity contribution in [3.8, 4) is 17.2 Å². The third-order valence-corrected chi connectivity index (χ3v) is 7.44. The van der Waals surface area contributed by atoms with E-state index in [4.69, 9.17) is 20.6 Å². The molecule has 1 saturated carbocycles. The van der Waals surface area contributed by atoms with Crippen LogP contribution in [0.2, 0.25) is 0 Å². The molecule has 2 heterocycles. The Morgan fingerprint density at radius 1 is 1.09 bits per heavy atom. The highest BCUT2D eigenvalue weighted by atomic mass is 19.1. The summed E-state index contributed by atoms with van der Waals surface area (Å²) in [4.78, 5) is 28.6. The molecule has 1 amide bonds. The highest BCUT2D eigenvalue weighted by Crippen LogP contribution is 2.30. The predicted molar refractivity (Wildman–Crippen MR) is 169 cm³/mol. The number of rotatable bonds is 11. The van der Waals surface area contributed by atoms with Crippen molar-refractivity contribution >= 4 is 35.3 Å². The highest BCUT2D eigenvalue weighted by molar-refractivity contribution is 6.16. The van der Waals surface area contributed by atoms with E-state index in [1.54, 1.807) is 36.5 Å². The van der Waals surface area contributed by atoms with Crippen LogP contribution in [0.15, 0.2) is 71.4 Å². The summed E-state index contributed by atoms with van der Waals surface area (Å²) in [5.74, 6) is 1.83. The fourth-order valence-corrected chi connectivity index (χ4v) is 5.09. The number of benzene rings is 2. The van der Waals surface area contributed by atoms with Crippen molar-refractivity contribution in [2.45, 2.75) is 44.7 Å². The van der Waals surface area contributed by atoms with Crippen molar-refractivity contribution in [3.63, 3.8) is 0 Å². The van der Waals surface area contributed by atoms with Crippen LogP contribution in [-0.2, 0) is 4.79 Å². The van der Waals surface area contributed by atoms with E-state index in [0.717, 1.165) is 31.5 Å². The molecule has 1 aliphatic carbocycles. The number of carbonyl (C=O) groups excluding carboxylic acids is 1. The van der Waals surface area contributed by atoms with Gasteiger partial charge in [0.1, 0.15) is 46.9 Å². The Balaban J connectivity index is 1.22. The summed E-state index contributed by atoms with van der Waals surface area (Å²) >= 11 is 0. The van der Waals surface area contributed by atoms with E-state index in [2.05, 4.69) is 37.2 Å². The van der Waals surface area contributed by atoms with Crippen molar-refractivity contribution in [3.05, 3.63) is 78.4 Å². The normalized spacial score (nSPS) is 19.4. The molecule has 1 unspecified atom stereocenters. The van der Waals surface area contributed by atoms with Gasteiger partial charge in [-0.25, -0.2) is 19.4 Å². The van der Waals surface area contributed by atoms with Gasteiger partial charge in [0, 0.05) is 48.0 Å². The molecule has 3 aromatic rings. The lowest BCUT2D eigenvalue weighted by Crippen LogP contribution is -2.39. The van der Waals surface area contributed by atoms with Crippen LogP contribution in [0.3, 0.4) is 0 Å².